The van der Waals surface area contributed by atoms with Crippen LogP contribution in [-0.4, -0.2) is 4.82 Å². The predicted octanol–water partition coefficient (Wildman–Crippen LogP) is 6.04. The van der Waals surface area contributed by atoms with Crippen LogP contribution >= 0.6 is 30.5 Å². The summed E-state index contributed by atoms with van der Waals surface area (Å²) in [4.78, 5) is 4.42. The van der Waals surface area contributed by atoms with E-state index in [1.807, 2.05) is 36.4 Å². The van der Waals surface area contributed by atoms with Crippen LogP contribution < -0.4 is 0 Å². The molecular formula is C19H18Cl2O2PTi. The van der Waals surface area contributed by atoms with Crippen molar-refractivity contribution in [3.8, 4) is 0 Å². The summed E-state index contributed by atoms with van der Waals surface area (Å²) in [6, 6.07) is 16.1. The van der Waals surface area contributed by atoms with Gasteiger partial charge in [-0.1, -0.05) is 0 Å². The van der Waals surface area contributed by atoms with Gasteiger partial charge in [0.05, 0.1) is 0 Å². The summed E-state index contributed by atoms with van der Waals surface area (Å²) in [6.45, 7) is 0. The zero-order valence-electron chi connectivity index (χ0n) is 13.4. The molecule has 2 atom stereocenters. The molecule has 0 spiro atoms. The Hall–Kier alpha value is -1.02. The van der Waals surface area contributed by atoms with E-state index < -0.39 is 21.3 Å². The Balaban J connectivity index is 0.00000113. The SMILES string of the molecule is Cl.Cl.[CH2]=[Ti]([CH]1C=Cc2ccccc21)([CH]1C=Cc2ccccc21)[P](=O)=O. The van der Waals surface area contributed by atoms with Crippen LogP contribution in [0, 0.1) is 0 Å². The van der Waals surface area contributed by atoms with Crippen molar-refractivity contribution in [3.63, 3.8) is 0 Å². The van der Waals surface area contributed by atoms with E-state index in [1.165, 1.54) is 0 Å². The fourth-order valence-electron chi connectivity index (χ4n) is 3.79. The molecule has 0 heterocycles. The van der Waals surface area contributed by atoms with Crippen LogP contribution in [0.1, 0.15) is 30.7 Å². The summed E-state index contributed by atoms with van der Waals surface area (Å²) in [5, 5.41) is 0. The van der Waals surface area contributed by atoms with Gasteiger partial charge < -0.3 is 0 Å². The molecule has 6 heteroatoms. The Bertz CT molecular complexity index is 905. The van der Waals surface area contributed by atoms with Gasteiger partial charge in [0.15, 0.2) is 0 Å². The zero-order chi connectivity index (χ0) is 16.0. The summed E-state index contributed by atoms with van der Waals surface area (Å²) in [6.07, 6.45) is 8.23. The Kier molecular flexibility index (Phi) is 6.25. The number of hydrogen-bond acceptors (Lipinski definition) is 2. The van der Waals surface area contributed by atoms with Crippen molar-refractivity contribution in [3.05, 3.63) is 82.9 Å². The third-order valence-electron chi connectivity index (χ3n) is 5.02. The molecule has 0 saturated carbocycles. The van der Waals surface area contributed by atoms with Gasteiger partial charge in [0, 0.05) is 0 Å². The van der Waals surface area contributed by atoms with E-state index in [0.29, 0.717) is 0 Å². The van der Waals surface area contributed by atoms with Crippen molar-refractivity contribution in [2.24, 2.45) is 0 Å². The van der Waals surface area contributed by atoms with Crippen molar-refractivity contribution in [2.75, 3.05) is 0 Å². The predicted molar refractivity (Wildman–Crippen MR) is 106 cm³/mol. The first kappa shape index (κ1) is 20.3. The molecule has 2 aliphatic carbocycles. The second-order valence-electron chi connectivity index (χ2n) is 6.18. The molecule has 2 unspecified atom stereocenters. The molecule has 4 rings (SSSR count). The third-order valence-corrected chi connectivity index (χ3v) is 16.1. The van der Waals surface area contributed by atoms with E-state index in [2.05, 4.69) is 41.3 Å². The zero-order valence-corrected chi connectivity index (χ0v) is 17.5. The van der Waals surface area contributed by atoms with Gasteiger partial charge in [0.25, 0.3) is 0 Å². The number of rotatable bonds is 3. The quantitative estimate of drug-likeness (QED) is 0.442. The molecule has 0 aromatic heterocycles. The molecule has 2 nitrogen and oxygen atoms in total. The van der Waals surface area contributed by atoms with Gasteiger partial charge >= 0.3 is 139 Å². The Morgan fingerprint density at radius 1 is 0.760 bits per heavy atom. The van der Waals surface area contributed by atoms with Crippen molar-refractivity contribution >= 4 is 47.5 Å². The van der Waals surface area contributed by atoms with Gasteiger partial charge in [-0.15, -0.1) is 24.8 Å². The monoisotopic (exact) mass is 427 g/mol. The van der Waals surface area contributed by atoms with Crippen molar-refractivity contribution < 1.29 is 24.7 Å². The number of benzene rings is 2. The summed E-state index contributed by atoms with van der Waals surface area (Å²) in [5.74, 6) is 0. The summed E-state index contributed by atoms with van der Waals surface area (Å²) in [7, 11) is 0. The van der Waals surface area contributed by atoms with E-state index in [4.69, 9.17) is 0 Å². The van der Waals surface area contributed by atoms with Crippen LogP contribution in [0.4, 0.5) is 0 Å². The fraction of sp³-hybridized carbons (Fsp3) is 0.105. The summed E-state index contributed by atoms with van der Waals surface area (Å²) >= 11 is -3.57. The summed E-state index contributed by atoms with van der Waals surface area (Å²) in [5.41, 5.74) is 1.96. The molecule has 0 N–H and O–H groups in total. The van der Waals surface area contributed by atoms with E-state index >= 15 is 0 Å². The van der Waals surface area contributed by atoms with E-state index in [-0.39, 0.29) is 33.3 Å². The van der Waals surface area contributed by atoms with Gasteiger partial charge in [0.2, 0.25) is 0 Å². The minimum absolute atomic E-state index is 0. The van der Waals surface area contributed by atoms with Crippen LogP contribution in [0.5, 0.6) is 0 Å². The molecule has 0 aliphatic heterocycles. The van der Waals surface area contributed by atoms with Crippen LogP contribution in [0.25, 0.3) is 12.2 Å². The van der Waals surface area contributed by atoms with E-state index in [1.54, 1.807) is 0 Å². The van der Waals surface area contributed by atoms with Gasteiger partial charge in [-0.3, -0.25) is 0 Å². The number of fused-ring (bicyclic) bond motifs is 2. The molecule has 2 aromatic rings. The molecule has 0 fully saturated rings. The van der Waals surface area contributed by atoms with Crippen molar-refractivity contribution in [2.45, 2.75) is 8.45 Å². The summed E-state index contributed by atoms with van der Waals surface area (Å²) < 4.78 is 24.7. The normalized spacial score (nSPS) is 21.4. The first-order chi connectivity index (χ1) is 11.1. The molecule has 0 radical (unpaired) electrons. The van der Waals surface area contributed by atoms with Gasteiger partial charge in [-0.25, -0.2) is 0 Å². The minimum atomic E-state index is -3.57. The molecule has 2 aromatic carbocycles. The molecule has 0 amide bonds. The first-order valence-electron chi connectivity index (χ1n) is 7.66. The molecule has 2 aliphatic rings. The van der Waals surface area contributed by atoms with Crippen molar-refractivity contribution in [1.29, 1.82) is 0 Å². The van der Waals surface area contributed by atoms with E-state index in [0.717, 1.165) is 22.3 Å². The number of hydrogen-bond donors (Lipinski definition) is 0. The average Bonchev–Trinajstić information content (AvgIpc) is 3.18. The first-order valence-corrected chi connectivity index (χ1v) is 13.8. The average molecular weight is 428 g/mol. The standard InChI is InChI=1S/2C9H7.CH2.2ClH.O2P.Ti/c2*1-2-5-9-7-3-6-8(9)4-1;;;;1-3-2;/h2*1-7H;1H2;2*1H;;. The van der Waals surface area contributed by atoms with Gasteiger partial charge in [-0.05, 0) is 0 Å². The van der Waals surface area contributed by atoms with Crippen molar-refractivity contribution in [1.82, 2.24) is 0 Å². The van der Waals surface area contributed by atoms with Gasteiger partial charge in [-0.2, -0.15) is 0 Å². The van der Waals surface area contributed by atoms with E-state index in [9.17, 15) is 9.13 Å². The topological polar surface area (TPSA) is 34.1 Å². The number of halogens is 2. The fourth-order valence-corrected chi connectivity index (χ4v) is 12.7. The maximum atomic E-state index is 12.4. The Morgan fingerprint density at radius 2 is 1.16 bits per heavy atom. The third kappa shape index (κ3) is 3.12. The maximum absolute atomic E-state index is 12.4. The molecule has 25 heavy (non-hydrogen) atoms. The van der Waals surface area contributed by atoms with Crippen LogP contribution in [0.3, 0.4) is 0 Å². The Morgan fingerprint density at radius 3 is 1.56 bits per heavy atom. The Labute approximate surface area is 163 Å². The molecular weight excluding hydrogens is 410 g/mol. The van der Waals surface area contributed by atoms with Gasteiger partial charge in [0.1, 0.15) is 0 Å². The second kappa shape index (κ2) is 7.70. The molecule has 129 valence electrons. The molecule has 0 saturated heterocycles. The van der Waals surface area contributed by atoms with Crippen LogP contribution in [0.15, 0.2) is 60.7 Å². The van der Waals surface area contributed by atoms with Crippen LogP contribution in [-0.2, 0) is 24.7 Å². The molecule has 0 bridgehead atoms. The second-order valence-corrected chi connectivity index (χ2v) is 16.9. The number of allylic oxidation sites excluding steroid dienone is 2. The van der Waals surface area contributed by atoms with Crippen LogP contribution in [0.2, 0.25) is 0 Å².